The zero-order valence-corrected chi connectivity index (χ0v) is 24.3. The minimum absolute atomic E-state index is 0.0748. The highest BCUT2D eigenvalue weighted by molar-refractivity contribution is 9.10. The molecule has 0 fully saturated rings. The average Bonchev–Trinajstić information content (AvgIpc) is 2.90. The summed E-state index contributed by atoms with van der Waals surface area (Å²) in [7, 11) is -4.08. The molecule has 0 spiro atoms. The van der Waals surface area contributed by atoms with Gasteiger partial charge in [0.05, 0.1) is 10.6 Å². The van der Waals surface area contributed by atoms with Crippen LogP contribution in [-0.4, -0.2) is 44.3 Å². The lowest BCUT2D eigenvalue weighted by Gasteiger charge is -2.33. The molecule has 0 bridgehead atoms. The molecule has 7 nitrogen and oxygen atoms in total. The number of carbonyl (C=O) groups is 2. The van der Waals surface area contributed by atoms with Gasteiger partial charge in [-0.15, -0.1) is 0 Å². The van der Waals surface area contributed by atoms with Gasteiger partial charge < -0.3 is 10.2 Å². The van der Waals surface area contributed by atoms with Gasteiger partial charge in [0.1, 0.15) is 12.6 Å². The highest BCUT2D eigenvalue weighted by Crippen LogP contribution is 2.27. The number of nitrogens with one attached hydrogen (secondary N) is 1. The molecule has 0 saturated carbocycles. The van der Waals surface area contributed by atoms with E-state index in [0.717, 1.165) is 21.9 Å². The maximum absolute atomic E-state index is 14.0. The first-order valence-corrected chi connectivity index (χ1v) is 14.9. The van der Waals surface area contributed by atoms with E-state index in [1.54, 1.807) is 42.5 Å². The number of carbonyl (C=O) groups excluding carboxylic acids is 2. The molecule has 0 aromatic heterocycles. The van der Waals surface area contributed by atoms with Crippen molar-refractivity contribution in [2.24, 2.45) is 0 Å². The molecule has 3 rings (SSSR count). The van der Waals surface area contributed by atoms with E-state index in [1.807, 2.05) is 45.0 Å². The Morgan fingerprint density at radius 2 is 1.66 bits per heavy atom. The van der Waals surface area contributed by atoms with Crippen molar-refractivity contribution in [3.8, 4) is 0 Å². The van der Waals surface area contributed by atoms with Gasteiger partial charge in [-0.05, 0) is 55.7 Å². The van der Waals surface area contributed by atoms with Crippen molar-refractivity contribution in [1.82, 2.24) is 10.2 Å². The van der Waals surface area contributed by atoms with E-state index in [0.29, 0.717) is 23.1 Å². The SMILES string of the molecule is CCCNC(=O)[C@H](CC)N(Cc1cccc(C)c1)C(=O)CN(c1cccc(Br)c1)S(=O)(=O)c1ccccc1. The standard InChI is InChI=1S/C29H34BrN3O4S/c1-4-17-31-29(35)27(5-2)32(20-23-12-9-11-22(3)18-23)28(34)21-33(25-14-10-13-24(30)19-25)38(36,37)26-15-7-6-8-16-26/h6-16,18-19,27H,4-5,17,20-21H2,1-3H3,(H,31,35)/t27-/m0/s1. The molecule has 3 aromatic carbocycles. The Morgan fingerprint density at radius 3 is 2.29 bits per heavy atom. The van der Waals surface area contributed by atoms with E-state index in [-0.39, 0.29) is 17.3 Å². The topological polar surface area (TPSA) is 86.8 Å². The van der Waals surface area contributed by atoms with Gasteiger partial charge in [-0.2, -0.15) is 0 Å². The summed E-state index contributed by atoms with van der Waals surface area (Å²) in [4.78, 5) is 28.7. The molecule has 0 unspecified atom stereocenters. The highest BCUT2D eigenvalue weighted by atomic mass is 79.9. The fraction of sp³-hybridized carbons (Fsp3) is 0.310. The van der Waals surface area contributed by atoms with Crippen molar-refractivity contribution in [2.75, 3.05) is 17.4 Å². The number of aryl methyl sites for hydroxylation is 1. The predicted molar refractivity (Wildman–Crippen MR) is 154 cm³/mol. The van der Waals surface area contributed by atoms with Crippen LogP contribution in [-0.2, 0) is 26.2 Å². The maximum Gasteiger partial charge on any atom is 0.264 e. The normalized spacial score (nSPS) is 12.0. The molecule has 1 N–H and O–H groups in total. The smallest absolute Gasteiger partial charge is 0.264 e. The summed E-state index contributed by atoms with van der Waals surface area (Å²) in [5.74, 6) is -0.722. The Morgan fingerprint density at radius 1 is 0.947 bits per heavy atom. The average molecular weight is 601 g/mol. The molecule has 3 aromatic rings. The molecule has 2 amide bonds. The zero-order chi connectivity index (χ0) is 27.7. The lowest BCUT2D eigenvalue weighted by molar-refractivity contribution is -0.140. The van der Waals surface area contributed by atoms with Crippen molar-refractivity contribution >= 4 is 43.5 Å². The van der Waals surface area contributed by atoms with Crippen LogP contribution < -0.4 is 9.62 Å². The molecule has 0 saturated heterocycles. The van der Waals surface area contributed by atoms with Gasteiger partial charge >= 0.3 is 0 Å². The van der Waals surface area contributed by atoms with Crippen LogP contribution in [0.3, 0.4) is 0 Å². The van der Waals surface area contributed by atoms with Crippen LogP contribution in [0.2, 0.25) is 0 Å². The van der Waals surface area contributed by atoms with Crippen LogP contribution in [0.1, 0.15) is 37.8 Å². The van der Waals surface area contributed by atoms with Crippen LogP contribution in [0.25, 0.3) is 0 Å². The number of amides is 2. The van der Waals surface area contributed by atoms with Gasteiger partial charge in [0, 0.05) is 17.6 Å². The van der Waals surface area contributed by atoms with Gasteiger partial charge in [0.25, 0.3) is 10.0 Å². The first-order valence-electron chi connectivity index (χ1n) is 12.6. The lowest BCUT2D eigenvalue weighted by Crippen LogP contribution is -2.52. The van der Waals surface area contributed by atoms with Gasteiger partial charge in [0.2, 0.25) is 11.8 Å². The van der Waals surface area contributed by atoms with E-state index >= 15 is 0 Å². The second kappa shape index (κ2) is 13.6. The van der Waals surface area contributed by atoms with Crippen LogP contribution in [0.15, 0.2) is 88.2 Å². The molecule has 0 aliphatic carbocycles. The van der Waals surface area contributed by atoms with Gasteiger partial charge in [-0.1, -0.05) is 83.9 Å². The van der Waals surface area contributed by atoms with Crippen LogP contribution in [0, 0.1) is 6.92 Å². The van der Waals surface area contributed by atoms with Crippen molar-refractivity contribution < 1.29 is 18.0 Å². The summed E-state index contributed by atoms with van der Waals surface area (Å²) in [6, 6.07) is 21.8. The number of benzene rings is 3. The number of hydrogen-bond acceptors (Lipinski definition) is 4. The number of rotatable bonds is 12. The second-order valence-corrected chi connectivity index (χ2v) is 11.8. The fourth-order valence-corrected chi connectivity index (χ4v) is 5.99. The predicted octanol–water partition coefficient (Wildman–Crippen LogP) is 5.29. The monoisotopic (exact) mass is 599 g/mol. The summed E-state index contributed by atoms with van der Waals surface area (Å²) in [6.45, 7) is 5.98. The molecule has 1 atom stereocenters. The molecule has 0 aliphatic rings. The Balaban J connectivity index is 2.04. The largest absolute Gasteiger partial charge is 0.354 e. The summed E-state index contributed by atoms with van der Waals surface area (Å²) >= 11 is 3.41. The third kappa shape index (κ3) is 7.45. The second-order valence-electron chi connectivity index (χ2n) is 9.03. The Labute approximate surface area is 234 Å². The number of anilines is 1. The van der Waals surface area contributed by atoms with E-state index in [9.17, 15) is 18.0 Å². The zero-order valence-electron chi connectivity index (χ0n) is 21.9. The highest BCUT2D eigenvalue weighted by Gasteiger charge is 2.33. The van der Waals surface area contributed by atoms with Crippen molar-refractivity contribution in [2.45, 2.75) is 51.1 Å². The van der Waals surface area contributed by atoms with Gasteiger partial charge in [-0.3, -0.25) is 13.9 Å². The number of halogens is 1. The minimum Gasteiger partial charge on any atom is -0.354 e. The molecule has 38 heavy (non-hydrogen) atoms. The van der Waals surface area contributed by atoms with Gasteiger partial charge in [0.15, 0.2) is 0 Å². The quantitative estimate of drug-likeness (QED) is 0.306. The molecular weight excluding hydrogens is 566 g/mol. The molecule has 0 aliphatic heterocycles. The summed E-state index contributed by atoms with van der Waals surface area (Å²) in [6.07, 6.45) is 1.15. The Bertz CT molecular complexity index is 1350. The number of sulfonamides is 1. The van der Waals surface area contributed by atoms with Crippen LogP contribution >= 0.6 is 15.9 Å². The number of nitrogens with zero attached hydrogens (tertiary/aromatic N) is 2. The minimum atomic E-state index is -4.08. The van der Waals surface area contributed by atoms with Crippen molar-refractivity contribution in [1.29, 1.82) is 0 Å². The molecule has 0 heterocycles. The summed E-state index contributed by atoms with van der Waals surface area (Å²) in [5.41, 5.74) is 2.23. The molecule has 9 heteroatoms. The fourth-order valence-electron chi connectivity index (χ4n) is 4.17. The molecular formula is C29H34BrN3O4S. The van der Waals surface area contributed by atoms with Crippen LogP contribution in [0.5, 0.6) is 0 Å². The molecule has 202 valence electrons. The van der Waals surface area contributed by atoms with Crippen LogP contribution in [0.4, 0.5) is 5.69 Å². The Hall–Kier alpha value is -3.17. The first-order chi connectivity index (χ1) is 18.2. The van der Waals surface area contributed by atoms with Crippen molar-refractivity contribution in [3.63, 3.8) is 0 Å². The van der Waals surface area contributed by atoms with E-state index < -0.39 is 28.5 Å². The Kier molecular flexibility index (Phi) is 10.5. The maximum atomic E-state index is 14.0. The van der Waals surface area contributed by atoms with E-state index in [2.05, 4.69) is 21.2 Å². The van der Waals surface area contributed by atoms with Crippen molar-refractivity contribution in [3.05, 3.63) is 94.5 Å². The number of hydrogen-bond donors (Lipinski definition) is 1. The summed E-state index contributed by atoms with van der Waals surface area (Å²) in [5, 5.41) is 2.89. The molecule has 0 radical (unpaired) electrons. The first kappa shape index (κ1) is 29.4. The summed E-state index contributed by atoms with van der Waals surface area (Å²) < 4.78 is 29.3. The van der Waals surface area contributed by atoms with Gasteiger partial charge in [-0.25, -0.2) is 8.42 Å². The lowest BCUT2D eigenvalue weighted by atomic mass is 10.1. The third-order valence-corrected chi connectivity index (χ3v) is 8.36. The van der Waals surface area contributed by atoms with E-state index in [1.165, 1.54) is 17.0 Å². The third-order valence-electron chi connectivity index (χ3n) is 6.08. The van der Waals surface area contributed by atoms with E-state index in [4.69, 9.17) is 0 Å².